The zero-order chi connectivity index (χ0) is 18.4. The molecule has 0 saturated heterocycles. The number of hydrogen-bond donors (Lipinski definition) is 2. The smallest absolute Gasteiger partial charge is 0.338 e. The highest BCUT2D eigenvalue weighted by Gasteiger charge is 2.43. The Labute approximate surface area is 144 Å². The summed E-state index contributed by atoms with van der Waals surface area (Å²) in [5, 5.41) is 11.8. The van der Waals surface area contributed by atoms with E-state index in [-0.39, 0.29) is 18.1 Å². The lowest BCUT2D eigenvalue weighted by Gasteiger charge is -2.22. The van der Waals surface area contributed by atoms with Crippen molar-refractivity contribution in [2.24, 2.45) is 11.7 Å². The Kier molecular flexibility index (Phi) is 5.60. The second kappa shape index (κ2) is 7.66. The summed E-state index contributed by atoms with van der Waals surface area (Å²) in [5.41, 5.74) is 4.27. The molecular formula is C17H19N3O5. The SMILES string of the molecule is C[C@](C#N)(NC(=O)COC(=O)c1ccc(OCC(N)=O)cc1)C1CC1. The molecule has 0 radical (unpaired) electrons. The summed E-state index contributed by atoms with van der Waals surface area (Å²) in [5.74, 6) is -1.29. The molecule has 132 valence electrons. The van der Waals surface area contributed by atoms with E-state index in [0.717, 1.165) is 12.8 Å². The van der Waals surface area contributed by atoms with Gasteiger partial charge >= 0.3 is 5.97 Å². The Morgan fingerprint density at radius 1 is 1.28 bits per heavy atom. The van der Waals surface area contributed by atoms with Gasteiger partial charge < -0.3 is 20.5 Å². The highest BCUT2D eigenvalue weighted by molar-refractivity contribution is 5.91. The minimum atomic E-state index is -0.928. The molecule has 2 rings (SSSR count). The van der Waals surface area contributed by atoms with Crippen LogP contribution in [0.3, 0.4) is 0 Å². The molecular weight excluding hydrogens is 326 g/mol. The van der Waals surface area contributed by atoms with Gasteiger partial charge in [-0.3, -0.25) is 9.59 Å². The normalized spacial score (nSPS) is 15.4. The predicted octanol–water partition coefficient (Wildman–Crippen LogP) is 0.516. The molecule has 1 aliphatic rings. The second-order valence-corrected chi connectivity index (χ2v) is 5.99. The van der Waals surface area contributed by atoms with Gasteiger partial charge in [0.1, 0.15) is 11.3 Å². The average Bonchev–Trinajstić information content (AvgIpc) is 3.43. The summed E-state index contributed by atoms with van der Waals surface area (Å²) < 4.78 is 10.0. The maximum absolute atomic E-state index is 11.9. The molecule has 0 unspecified atom stereocenters. The van der Waals surface area contributed by atoms with E-state index in [1.165, 1.54) is 24.3 Å². The van der Waals surface area contributed by atoms with Gasteiger partial charge in [0.25, 0.3) is 11.8 Å². The van der Waals surface area contributed by atoms with Crippen LogP contribution in [0.15, 0.2) is 24.3 Å². The molecule has 1 fully saturated rings. The molecule has 0 spiro atoms. The predicted molar refractivity (Wildman–Crippen MR) is 86.3 cm³/mol. The Morgan fingerprint density at radius 3 is 2.44 bits per heavy atom. The van der Waals surface area contributed by atoms with E-state index in [4.69, 9.17) is 15.2 Å². The highest BCUT2D eigenvalue weighted by atomic mass is 16.5. The van der Waals surface area contributed by atoms with Gasteiger partial charge in [-0.15, -0.1) is 0 Å². The number of carbonyl (C=O) groups excluding carboxylic acids is 3. The lowest BCUT2D eigenvalue weighted by atomic mass is 9.98. The van der Waals surface area contributed by atoms with Crippen LogP contribution in [0.4, 0.5) is 0 Å². The molecule has 0 heterocycles. The molecule has 1 atom stereocenters. The first-order valence-corrected chi connectivity index (χ1v) is 7.74. The standard InChI is InChI=1S/C17H19N3O5/c1-17(10-18,12-4-5-12)20-15(22)9-25-16(23)11-2-6-13(7-3-11)24-8-14(19)21/h2-3,6-7,12H,4-5,8-9H2,1H3,(H2,19,21)(H,20,22)/t17-/m1/s1. The number of carbonyl (C=O) groups is 3. The number of hydrogen-bond acceptors (Lipinski definition) is 6. The van der Waals surface area contributed by atoms with Crippen molar-refractivity contribution in [2.45, 2.75) is 25.3 Å². The topological polar surface area (TPSA) is 132 Å². The summed E-state index contributed by atoms with van der Waals surface area (Å²) in [6, 6.07) is 7.96. The highest BCUT2D eigenvalue weighted by Crippen LogP contribution is 2.39. The molecule has 3 N–H and O–H groups in total. The van der Waals surface area contributed by atoms with Crippen molar-refractivity contribution >= 4 is 17.8 Å². The Balaban J connectivity index is 1.82. The monoisotopic (exact) mass is 345 g/mol. The van der Waals surface area contributed by atoms with Crippen molar-refractivity contribution in [2.75, 3.05) is 13.2 Å². The number of nitriles is 1. The third kappa shape index (κ3) is 5.21. The summed E-state index contributed by atoms with van der Waals surface area (Å²) in [6.45, 7) is 0.931. The van der Waals surface area contributed by atoms with E-state index in [2.05, 4.69) is 11.4 Å². The van der Waals surface area contributed by atoms with Crippen LogP contribution in [-0.2, 0) is 14.3 Å². The third-order valence-corrected chi connectivity index (χ3v) is 3.83. The van der Waals surface area contributed by atoms with Gasteiger partial charge in [-0.2, -0.15) is 5.26 Å². The van der Waals surface area contributed by atoms with Crippen LogP contribution < -0.4 is 15.8 Å². The van der Waals surface area contributed by atoms with E-state index in [1.807, 2.05) is 0 Å². The first-order chi connectivity index (χ1) is 11.8. The summed E-state index contributed by atoms with van der Waals surface area (Å²) in [7, 11) is 0. The lowest BCUT2D eigenvalue weighted by Crippen LogP contribution is -2.48. The van der Waals surface area contributed by atoms with Crippen LogP contribution in [0.25, 0.3) is 0 Å². The Morgan fingerprint density at radius 2 is 1.92 bits per heavy atom. The molecule has 0 bridgehead atoms. The molecule has 0 aromatic heterocycles. The number of nitrogens with one attached hydrogen (secondary N) is 1. The number of amides is 2. The summed E-state index contributed by atoms with van der Waals surface area (Å²) in [6.07, 6.45) is 1.79. The number of benzene rings is 1. The van der Waals surface area contributed by atoms with Crippen molar-refractivity contribution in [1.82, 2.24) is 5.32 Å². The number of ether oxygens (including phenoxy) is 2. The van der Waals surface area contributed by atoms with Crippen molar-refractivity contribution in [1.29, 1.82) is 5.26 Å². The summed E-state index contributed by atoms with van der Waals surface area (Å²) >= 11 is 0. The van der Waals surface area contributed by atoms with Gasteiger partial charge in [-0.25, -0.2) is 4.79 Å². The van der Waals surface area contributed by atoms with Crippen LogP contribution >= 0.6 is 0 Å². The van der Waals surface area contributed by atoms with Crippen LogP contribution in [0.2, 0.25) is 0 Å². The van der Waals surface area contributed by atoms with Gasteiger partial charge in [0, 0.05) is 0 Å². The zero-order valence-electron chi connectivity index (χ0n) is 13.8. The van der Waals surface area contributed by atoms with Crippen molar-refractivity contribution in [3.05, 3.63) is 29.8 Å². The van der Waals surface area contributed by atoms with E-state index in [1.54, 1.807) is 6.92 Å². The van der Waals surface area contributed by atoms with E-state index < -0.39 is 29.9 Å². The number of rotatable bonds is 8. The fourth-order valence-electron chi connectivity index (χ4n) is 2.26. The van der Waals surface area contributed by atoms with Gasteiger partial charge in [-0.05, 0) is 49.9 Å². The first-order valence-electron chi connectivity index (χ1n) is 7.74. The molecule has 1 aromatic carbocycles. The van der Waals surface area contributed by atoms with E-state index in [0.29, 0.717) is 5.75 Å². The molecule has 1 saturated carbocycles. The van der Waals surface area contributed by atoms with E-state index >= 15 is 0 Å². The van der Waals surface area contributed by atoms with Gasteiger partial charge in [0.2, 0.25) is 0 Å². The molecule has 8 nitrogen and oxygen atoms in total. The van der Waals surface area contributed by atoms with Crippen LogP contribution in [0.1, 0.15) is 30.1 Å². The molecule has 8 heteroatoms. The maximum atomic E-state index is 11.9. The van der Waals surface area contributed by atoms with Crippen LogP contribution in [-0.4, -0.2) is 36.5 Å². The maximum Gasteiger partial charge on any atom is 0.338 e. The minimum Gasteiger partial charge on any atom is -0.484 e. The molecule has 1 aromatic rings. The Bertz CT molecular complexity index is 706. The van der Waals surface area contributed by atoms with Gasteiger partial charge in [-0.1, -0.05) is 0 Å². The molecule has 0 aliphatic heterocycles. The fourth-order valence-corrected chi connectivity index (χ4v) is 2.26. The van der Waals surface area contributed by atoms with Gasteiger partial charge in [0.05, 0.1) is 11.6 Å². The van der Waals surface area contributed by atoms with Crippen molar-refractivity contribution in [3.63, 3.8) is 0 Å². The zero-order valence-corrected chi connectivity index (χ0v) is 13.8. The number of esters is 1. The van der Waals surface area contributed by atoms with Gasteiger partial charge in [0.15, 0.2) is 13.2 Å². The van der Waals surface area contributed by atoms with Crippen molar-refractivity contribution in [3.8, 4) is 11.8 Å². The number of nitrogens with two attached hydrogens (primary N) is 1. The lowest BCUT2D eigenvalue weighted by molar-refractivity contribution is -0.125. The van der Waals surface area contributed by atoms with Crippen molar-refractivity contribution < 1.29 is 23.9 Å². The first kappa shape index (κ1) is 18.3. The number of nitrogens with zero attached hydrogens (tertiary/aromatic N) is 1. The molecule has 25 heavy (non-hydrogen) atoms. The largest absolute Gasteiger partial charge is 0.484 e. The number of primary amides is 1. The minimum absolute atomic E-state index is 0.144. The fraction of sp³-hybridized carbons (Fsp3) is 0.412. The van der Waals surface area contributed by atoms with E-state index in [9.17, 15) is 19.6 Å². The van der Waals surface area contributed by atoms with Crippen LogP contribution in [0.5, 0.6) is 5.75 Å². The molecule has 2 amide bonds. The summed E-state index contributed by atoms with van der Waals surface area (Å²) in [4.78, 5) is 34.4. The Hall–Kier alpha value is -3.08. The second-order valence-electron chi connectivity index (χ2n) is 5.99. The molecule has 1 aliphatic carbocycles. The van der Waals surface area contributed by atoms with Crippen LogP contribution in [0, 0.1) is 17.2 Å². The third-order valence-electron chi connectivity index (χ3n) is 3.83. The quantitative estimate of drug-likeness (QED) is 0.660. The average molecular weight is 345 g/mol.